The van der Waals surface area contributed by atoms with Gasteiger partial charge in [-0.2, -0.15) is 0 Å². The first-order chi connectivity index (χ1) is 17.2. The average Bonchev–Trinajstić information content (AvgIpc) is 2.82. The molecular weight excluding hydrogens is 448 g/mol. The van der Waals surface area contributed by atoms with Crippen LogP contribution in [-0.2, 0) is 6.54 Å². The molecule has 0 fully saturated rings. The van der Waals surface area contributed by atoms with Crippen molar-refractivity contribution in [2.24, 2.45) is 0 Å². The Bertz CT molecular complexity index is 1210. The number of aryl methyl sites for hydroxylation is 2. The Labute approximate surface area is 216 Å². The molecule has 0 aromatic heterocycles. The molecular formula is C31H38N2O3. The Balaban J connectivity index is 1.98. The highest BCUT2D eigenvalue weighted by Gasteiger charge is 2.13. The maximum atomic E-state index is 13.3. The van der Waals surface area contributed by atoms with E-state index in [2.05, 4.69) is 49.1 Å². The van der Waals surface area contributed by atoms with Crippen LogP contribution in [0.1, 0.15) is 32.6 Å². The minimum Gasteiger partial charge on any atom is -0.497 e. The maximum absolute atomic E-state index is 13.3. The Hall–Kier alpha value is -3.41. The molecule has 0 N–H and O–H groups in total. The Morgan fingerprint density at radius 2 is 1.58 bits per heavy atom. The van der Waals surface area contributed by atoms with Crippen molar-refractivity contribution in [2.45, 2.75) is 20.4 Å². The molecule has 0 heterocycles. The van der Waals surface area contributed by atoms with E-state index >= 15 is 0 Å². The van der Waals surface area contributed by atoms with Crippen molar-refractivity contribution in [2.75, 3.05) is 48.5 Å². The quantitative estimate of drug-likeness (QED) is 0.250. The lowest BCUT2D eigenvalue weighted by Gasteiger charge is -2.15. The summed E-state index contributed by atoms with van der Waals surface area (Å²) in [5.74, 6) is 1.36. The van der Waals surface area contributed by atoms with Crippen molar-refractivity contribution >= 4 is 11.9 Å². The number of rotatable bonds is 11. The predicted octanol–water partition coefficient (Wildman–Crippen LogP) is 5.88. The van der Waals surface area contributed by atoms with Gasteiger partial charge in [-0.25, -0.2) is 0 Å². The van der Waals surface area contributed by atoms with Crippen LogP contribution in [0.5, 0.6) is 11.5 Å². The standard InChI is InChI=1S/C31H38N2O3/c1-22-16-23(2)18-27(17-22)24-10-13-31(36-15-14-32(3)4)25(19-24)9-12-30(34)29-20-28(35-7)11-8-26(29)21-33(5)6/h8-13,16-20H,14-15,21H2,1-7H3/b12-9+. The van der Waals surface area contributed by atoms with Crippen molar-refractivity contribution < 1.29 is 14.3 Å². The van der Waals surface area contributed by atoms with Crippen molar-refractivity contribution in [1.29, 1.82) is 0 Å². The maximum Gasteiger partial charge on any atom is 0.186 e. The van der Waals surface area contributed by atoms with E-state index in [0.717, 1.165) is 34.5 Å². The fraction of sp³-hybridized carbons (Fsp3) is 0.323. The smallest absolute Gasteiger partial charge is 0.186 e. The van der Waals surface area contributed by atoms with E-state index < -0.39 is 0 Å². The summed E-state index contributed by atoms with van der Waals surface area (Å²) in [6.07, 6.45) is 3.49. The van der Waals surface area contributed by atoms with Gasteiger partial charge in [-0.3, -0.25) is 4.79 Å². The molecule has 5 heteroatoms. The van der Waals surface area contributed by atoms with E-state index in [-0.39, 0.29) is 5.78 Å². The zero-order chi connectivity index (χ0) is 26.2. The first kappa shape index (κ1) is 27.2. The van der Waals surface area contributed by atoms with E-state index in [1.165, 1.54) is 11.1 Å². The zero-order valence-corrected chi connectivity index (χ0v) is 22.6. The van der Waals surface area contributed by atoms with Gasteiger partial charge in [0.2, 0.25) is 0 Å². The molecule has 3 aromatic carbocycles. The molecule has 0 amide bonds. The molecule has 3 aromatic rings. The summed E-state index contributed by atoms with van der Waals surface area (Å²) in [5.41, 5.74) is 7.14. The number of nitrogens with zero attached hydrogens (tertiary/aromatic N) is 2. The number of benzene rings is 3. The molecule has 36 heavy (non-hydrogen) atoms. The largest absolute Gasteiger partial charge is 0.497 e. The number of ketones is 1. The number of carbonyl (C=O) groups excluding carboxylic acids is 1. The molecule has 0 aliphatic rings. The Kier molecular flexibility index (Phi) is 9.45. The van der Waals surface area contributed by atoms with Gasteiger partial charge in [0.05, 0.1) is 7.11 Å². The van der Waals surface area contributed by atoms with Crippen molar-refractivity contribution in [3.8, 4) is 22.6 Å². The first-order valence-electron chi connectivity index (χ1n) is 12.2. The van der Waals surface area contributed by atoms with Gasteiger partial charge >= 0.3 is 0 Å². The second-order valence-corrected chi connectivity index (χ2v) is 9.74. The molecule has 0 atom stereocenters. The van der Waals surface area contributed by atoms with E-state index in [4.69, 9.17) is 9.47 Å². The van der Waals surface area contributed by atoms with Crippen molar-refractivity contribution in [3.05, 3.63) is 88.5 Å². The molecule has 0 aliphatic heterocycles. The van der Waals surface area contributed by atoms with Crippen LogP contribution in [0.3, 0.4) is 0 Å². The van der Waals surface area contributed by atoms with Crippen LogP contribution < -0.4 is 9.47 Å². The highest BCUT2D eigenvalue weighted by Crippen LogP contribution is 2.30. The average molecular weight is 487 g/mol. The monoisotopic (exact) mass is 486 g/mol. The van der Waals surface area contributed by atoms with Crippen LogP contribution in [0.2, 0.25) is 0 Å². The summed E-state index contributed by atoms with van der Waals surface area (Å²) in [5, 5.41) is 0. The second kappa shape index (κ2) is 12.5. The molecule has 0 saturated carbocycles. The molecule has 0 spiro atoms. The van der Waals surface area contributed by atoms with Gasteiger partial charge in [-0.1, -0.05) is 41.5 Å². The van der Waals surface area contributed by atoms with Crippen LogP contribution in [0.4, 0.5) is 0 Å². The van der Waals surface area contributed by atoms with Crippen molar-refractivity contribution in [1.82, 2.24) is 9.80 Å². The predicted molar refractivity (Wildman–Crippen MR) is 149 cm³/mol. The molecule has 0 bridgehead atoms. The summed E-state index contributed by atoms with van der Waals surface area (Å²) < 4.78 is 11.5. The van der Waals surface area contributed by atoms with E-state index in [1.807, 2.05) is 63.4 Å². The summed E-state index contributed by atoms with van der Waals surface area (Å²) in [6.45, 7) is 6.24. The third-order valence-corrected chi connectivity index (χ3v) is 5.84. The number of allylic oxidation sites excluding steroid dienone is 1. The van der Waals surface area contributed by atoms with Gasteiger partial charge in [0.1, 0.15) is 18.1 Å². The van der Waals surface area contributed by atoms with E-state index in [1.54, 1.807) is 13.2 Å². The molecule has 0 unspecified atom stereocenters. The fourth-order valence-corrected chi connectivity index (χ4v) is 4.11. The van der Waals surface area contributed by atoms with Crippen LogP contribution >= 0.6 is 0 Å². The fourth-order valence-electron chi connectivity index (χ4n) is 4.11. The Morgan fingerprint density at radius 3 is 2.22 bits per heavy atom. The molecule has 0 saturated heterocycles. The lowest BCUT2D eigenvalue weighted by molar-refractivity contribution is 0.104. The molecule has 0 radical (unpaired) electrons. The molecule has 0 aliphatic carbocycles. The summed E-state index contributed by atoms with van der Waals surface area (Å²) in [6, 6.07) is 18.3. The number of ether oxygens (including phenoxy) is 2. The van der Waals surface area contributed by atoms with Crippen LogP contribution in [-0.4, -0.2) is 64.0 Å². The number of hydrogen-bond donors (Lipinski definition) is 0. The van der Waals surface area contributed by atoms with Crippen LogP contribution in [0, 0.1) is 13.8 Å². The topological polar surface area (TPSA) is 42.0 Å². The summed E-state index contributed by atoms with van der Waals surface area (Å²) in [4.78, 5) is 17.5. The third-order valence-electron chi connectivity index (χ3n) is 5.84. The molecule has 190 valence electrons. The van der Waals surface area contributed by atoms with Gasteiger partial charge in [0.25, 0.3) is 0 Å². The highest BCUT2D eigenvalue weighted by molar-refractivity contribution is 6.08. The van der Waals surface area contributed by atoms with Crippen LogP contribution in [0.15, 0.2) is 60.7 Å². The number of methoxy groups -OCH3 is 1. The third kappa shape index (κ3) is 7.54. The minimum absolute atomic E-state index is 0.0678. The van der Waals surface area contributed by atoms with Gasteiger partial charge in [-0.15, -0.1) is 0 Å². The van der Waals surface area contributed by atoms with Gasteiger partial charge in [0.15, 0.2) is 5.78 Å². The zero-order valence-electron chi connectivity index (χ0n) is 22.6. The van der Waals surface area contributed by atoms with Gasteiger partial charge in [0, 0.05) is 24.2 Å². The van der Waals surface area contributed by atoms with Gasteiger partial charge < -0.3 is 19.3 Å². The van der Waals surface area contributed by atoms with Crippen molar-refractivity contribution in [3.63, 3.8) is 0 Å². The highest BCUT2D eigenvalue weighted by atomic mass is 16.5. The van der Waals surface area contributed by atoms with Gasteiger partial charge in [-0.05, 0) is 95.1 Å². The molecule has 5 nitrogen and oxygen atoms in total. The van der Waals surface area contributed by atoms with E-state index in [9.17, 15) is 4.79 Å². The minimum atomic E-state index is -0.0678. The molecule has 3 rings (SSSR count). The lowest BCUT2D eigenvalue weighted by atomic mass is 9.98. The normalized spacial score (nSPS) is 11.5. The SMILES string of the molecule is COc1ccc(CN(C)C)c(C(=O)/C=C/c2cc(-c3cc(C)cc(C)c3)ccc2OCCN(C)C)c1. The summed E-state index contributed by atoms with van der Waals surface area (Å²) >= 11 is 0. The number of carbonyl (C=O) groups is 1. The Morgan fingerprint density at radius 1 is 0.861 bits per heavy atom. The summed E-state index contributed by atoms with van der Waals surface area (Å²) in [7, 11) is 9.63. The number of hydrogen-bond acceptors (Lipinski definition) is 5. The van der Waals surface area contributed by atoms with Crippen LogP contribution in [0.25, 0.3) is 17.2 Å². The number of likely N-dealkylation sites (N-methyl/N-ethyl adjacent to an activating group) is 1. The van der Waals surface area contributed by atoms with E-state index in [0.29, 0.717) is 24.5 Å². The second-order valence-electron chi connectivity index (χ2n) is 9.74. The lowest BCUT2D eigenvalue weighted by Crippen LogP contribution is -2.19. The first-order valence-corrected chi connectivity index (χ1v) is 12.2.